The number of aryl methyl sites for hydroxylation is 2. The lowest BCUT2D eigenvalue weighted by molar-refractivity contribution is 0.0624. The molecule has 0 saturated carbocycles. The molecule has 0 aliphatic carbocycles. The van der Waals surface area contributed by atoms with E-state index < -0.39 is 0 Å². The molecule has 3 heterocycles. The van der Waals surface area contributed by atoms with Crippen molar-refractivity contribution in [1.29, 1.82) is 0 Å². The van der Waals surface area contributed by atoms with Gasteiger partial charge in [0.05, 0.1) is 7.11 Å². The quantitative estimate of drug-likeness (QED) is 0.596. The fraction of sp³-hybridized carbons (Fsp3) is 0.440. The van der Waals surface area contributed by atoms with Crippen molar-refractivity contribution < 1.29 is 9.53 Å². The molecule has 0 unspecified atom stereocenters. The summed E-state index contributed by atoms with van der Waals surface area (Å²) in [6.07, 6.45) is 3.89. The van der Waals surface area contributed by atoms with Crippen molar-refractivity contribution in [3.05, 3.63) is 53.5 Å². The van der Waals surface area contributed by atoms with Gasteiger partial charge in [-0.3, -0.25) is 9.69 Å². The van der Waals surface area contributed by atoms with Crippen LogP contribution in [0.3, 0.4) is 0 Å². The Balaban J connectivity index is 1.49. The number of ether oxygens (including phenoxy) is 1. The number of carbonyl (C=O) groups is 1. The second-order valence-corrected chi connectivity index (χ2v) is 8.89. The first-order valence-corrected chi connectivity index (χ1v) is 11.2. The number of likely N-dealkylation sites (N-methyl/N-ethyl adjacent to an activating group) is 1. The molecule has 7 heteroatoms. The summed E-state index contributed by atoms with van der Waals surface area (Å²) in [5.41, 5.74) is 5.70. The number of piperazine rings is 1. The molecular weight excluding hydrogens is 402 g/mol. The Labute approximate surface area is 190 Å². The van der Waals surface area contributed by atoms with Crippen molar-refractivity contribution >= 4 is 11.6 Å². The molecule has 1 aliphatic rings. The number of amides is 1. The van der Waals surface area contributed by atoms with Crippen molar-refractivity contribution in [3.8, 4) is 16.9 Å². The highest BCUT2D eigenvalue weighted by Gasteiger charge is 2.24. The summed E-state index contributed by atoms with van der Waals surface area (Å²) in [6, 6.07) is 8.29. The number of hydrogen-bond acceptors (Lipinski definition) is 5. The molecule has 0 atom stereocenters. The van der Waals surface area contributed by atoms with Gasteiger partial charge in [-0.25, -0.2) is 4.98 Å². The predicted octanol–water partition coefficient (Wildman–Crippen LogP) is 2.95. The molecule has 2 aromatic heterocycles. The Hall–Kier alpha value is -2.90. The Morgan fingerprint density at radius 1 is 1.03 bits per heavy atom. The Morgan fingerprint density at radius 2 is 1.72 bits per heavy atom. The van der Waals surface area contributed by atoms with E-state index in [0.29, 0.717) is 5.69 Å². The number of pyridine rings is 1. The topological polar surface area (TPSA) is 53.3 Å². The Kier molecular flexibility index (Phi) is 6.48. The number of methoxy groups -OCH3 is 1. The third-order valence-electron chi connectivity index (χ3n) is 6.19. The molecule has 1 aliphatic heterocycles. The minimum Gasteiger partial charge on any atom is -0.496 e. The van der Waals surface area contributed by atoms with Crippen LogP contribution in [0.5, 0.6) is 5.75 Å². The minimum absolute atomic E-state index is 0.0126. The van der Waals surface area contributed by atoms with Crippen LogP contribution < -0.4 is 4.74 Å². The highest BCUT2D eigenvalue weighted by Crippen LogP contribution is 2.30. The van der Waals surface area contributed by atoms with Crippen LogP contribution in [0, 0.1) is 13.8 Å². The summed E-state index contributed by atoms with van der Waals surface area (Å²) >= 11 is 0. The van der Waals surface area contributed by atoms with Crippen LogP contribution in [-0.2, 0) is 0 Å². The van der Waals surface area contributed by atoms with Gasteiger partial charge in [0.2, 0.25) is 0 Å². The maximum absolute atomic E-state index is 13.1. The van der Waals surface area contributed by atoms with E-state index in [9.17, 15) is 4.79 Å². The van der Waals surface area contributed by atoms with E-state index in [-0.39, 0.29) is 5.91 Å². The lowest BCUT2D eigenvalue weighted by Gasteiger charge is -2.34. The van der Waals surface area contributed by atoms with Crippen molar-refractivity contribution in [1.82, 2.24) is 24.1 Å². The van der Waals surface area contributed by atoms with Gasteiger partial charge in [0, 0.05) is 51.7 Å². The second-order valence-electron chi connectivity index (χ2n) is 8.89. The summed E-state index contributed by atoms with van der Waals surface area (Å²) in [5.74, 6) is 0.936. The molecule has 1 saturated heterocycles. The third-order valence-corrected chi connectivity index (χ3v) is 6.19. The fourth-order valence-corrected chi connectivity index (χ4v) is 4.38. The zero-order valence-corrected chi connectivity index (χ0v) is 19.8. The van der Waals surface area contributed by atoms with Gasteiger partial charge >= 0.3 is 0 Å². The van der Waals surface area contributed by atoms with Gasteiger partial charge < -0.3 is 18.9 Å². The summed E-state index contributed by atoms with van der Waals surface area (Å²) in [6.45, 7) is 9.50. The van der Waals surface area contributed by atoms with Gasteiger partial charge in [-0.2, -0.15) is 0 Å². The summed E-state index contributed by atoms with van der Waals surface area (Å²) in [7, 11) is 5.88. The standard InChI is InChI=1S/C25H33N5O2/c1-18-14-21(15-19(2)24(18)32-5)20-6-7-23-26-22(17-30(23)16-20)25(31)29-12-10-28(11-13-29)9-8-27(3)4/h6-7,14-17H,8-13H2,1-5H3. The minimum atomic E-state index is 0.0126. The van der Waals surface area contributed by atoms with Crippen LogP contribution >= 0.6 is 0 Å². The van der Waals surface area contributed by atoms with Crippen molar-refractivity contribution in [2.45, 2.75) is 13.8 Å². The van der Waals surface area contributed by atoms with E-state index >= 15 is 0 Å². The second kappa shape index (κ2) is 9.30. The third kappa shape index (κ3) is 4.64. The highest BCUT2D eigenvalue weighted by molar-refractivity contribution is 5.93. The molecular formula is C25H33N5O2. The summed E-state index contributed by atoms with van der Waals surface area (Å²) in [4.78, 5) is 24.2. The van der Waals surface area contributed by atoms with Crippen molar-refractivity contribution in [2.24, 2.45) is 0 Å². The number of hydrogen-bond donors (Lipinski definition) is 0. The van der Waals surface area contributed by atoms with Crippen molar-refractivity contribution in [3.63, 3.8) is 0 Å². The summed E-state index contributed by atoms with van der Waals surface area (Å²) in [5, 5.41) is 0. The number of rotatable bonds is 6. The first-order valence-electron chi connectivity index (χ1n) is 11.2. The van der Waals surface area contributed by atoms with Gasteiger partial charge in [-0.1, -0.05) is 0 Å². The lowest BCUT2D eigenvalue weighted by Crippen LogP contribution is -2.50. The number of imidazole rings is 1. The number of benzene rings is 1. The van der Waals surface area contributed by atoms with E-state index in [1.165, 1.54) is 0 Å². The molecule has 4 rings (SSSR count). The smallest absolute Gasteiger partial charge is 0.274 e. The lowest BCUT2D eigenvalue weighted by atomic mass is 10.0. The molecule has 0 spiro atoms. The number of carbonyl (C=O) groups excluding carboxylic acids is 1. The van der Waals surface area contributed by atoms with Crippen molar-refractivity contribution in [2.75, 3.05) is 60.5 Å². The van der Waals surface area contributed by atoms with Crippen LogP contribution in [0.15, 0.2) is 36.7 Å². The predicted molar refractivity (Wildman–Crippen MR) is 128 cm³/mol. The van der Waals surface area contributed by atoms with Gasteiger partial charge in [-0.05, 0) is 74.5 Å². The van der Waals surface area contributed by atoms with Crippen LogP contribution in [0.25, 0.3) is 16.8 Å². The molecule has 170 valence electrons. The average Bonchev–Trinajstić information content (AvgIpc) is 3.20. The van der Waals surface area contributed by atoms with Crippen LogP contribution in [0.4, 0.5) is 0 Å². The molecule has 0 radical (unpaired) electrons. The van der Waals surface area contributed by atoms with Crippen LogP contribution in [-0.4, -0.2) is 90.5 Å². The van der Waals surface area contributed by atoms with Gasteiger partial charge in [-0.15, -0.1) is 0 Å². The highest BCUT2D eigenvalue weighted by atomic mass is 16.5. The monoisotopic (exact) mass is 435 g/mol. The molecule has 0 N–H and O–H groups in total. The van der Waals surface area contributed by atoms with Gasteiger partial charge in [0.1, 0.15) is 17.1 Å². The van der Waals surface area contributed by atoms with E-state index in [2.05, 4.69) is 60.9 Å². The maximum Gasteiger partial charge on any atom is 0.274 e. The molecule has 0 bridgehead atoms. The molecule has 7 nitrogen and oxygen atoms in total. The number of fused-ring (bicyclic) bond motifs is 1. The first-order chi connectivity index (χ1) is 15.4. The van der Waals surface area contributed by atoms with Crippen LogP contribution in [0.2, 0.25) is 0 Å². The largest absolute Gasteiger partial charge is 0.496 e. The van der Waals surface area contributed by atoms with Gasteiger partial charge in [0.15, 0.2) is 0 Å². The Bertz CT molecular complexity index is 1090. The first kappa shape index (κ1) is 22.3. The SMILES string of the molecule is COc1c(C)cc(-c2ccc3nc(C(=O)N4CCN(CCN(C)C)CC4)cn3c2)cc1C. The Morgan fingerprint density at radius 3 is 2.34 bits per heavy atom. The van der Waals surface area contributed by atoms with Crippen LogP contribution in [0.1, 0.15) is 21.6 Å². The number of aromatic nitrogens is 2. The van der Waals surface area contributed by atoms with E-state index in [1.807, 2.05) is 27.8 Å². The normalized spacial score (nSPS) is 15.0. The zero-order valence-electron chi connectivity index (χ0n) is 19.8. The molecule has 1 fully saturated rings. The maximum atomic E-state index is 13.1. The molecule has 1 aromatic carbocycles. The van der Waals surface area contributed by atoms with E-state index in [1.54, 1.807) is 7.11 Å². The van der Waals surface area contributed by atoms with E-state index in [4.69, 9.17) is 4.74 Å². The average molecular weight is 436 g/mol. The molecule has 1 amide bonds. The van der Waals surface area contributed by atoms with E-state index in [0.717, 1.165) is 72.9 Å². The zero-order chi connectivity index (χ0) is 22.8. The molecule has 32 heavy (non-hydrogen) atoms. The molecule has 3 aromatic rings. The fourth-order valence-electron chi connectivity index (χ4n) is 4.38. The summed E-state index contributed by atoms with van der Waals surface area (Å²) < 4.78 is 7.44. The number of nitrogens with zero attached hydrogens (tertiary/aromatic N) is 5. The van der Waals surface area contributed by atoms with Gasteiger partial charge in [0.25, 0.3) is 5.91 Å².